The van der Waals surface area contributed by atoms with Crippen molar-refractivity contribution < 1.29 is 33.8 Å². The summed E-state index contributed by atoms with van der Waals surface area (Å²) < 4.78 is 10.7. The number of hydrogen-bond donors (Lipinski definition) is 4. The molecular weight excluding hydrogens is 817 g/mol. The number of carboxylic acid groups (broad SMARTS) is 1. The summed E-state index contributed by atoms with van der Waals surface area (Å²) in [5.74, 6) is 0.652. The van der Waals surface area contributed by atoms with Gasteiger partial charge in [0.05, 0.1) is 79.1 Å². The van der Waals surface area contributed by atoms with E-state index < -0.39 is 24.3 Å². The zero-order valence-electron chi connectivity index (χ0n) is 36.2. The molecule has 2 fully saturated rings. The number of fused-ring (bicyclic) bond motifs is 1. The minimum atomic E-state index is -1.13. The molecule has 2 aliphatic heterocycles. The third-order valence-electron chi connectivity index (χ3n) is 12.0. The van der Waals surface area contributed by atoms with Gasteiger partial charge in [0.25, 0.3) is 0 Å². The zero-order chi connectivity index (χ0) is 44.9. The van der Waals surface area contributed by atoms with Crippen molar-refractivity contribution in [1.29, 1.82) is 0 Å². The number of alkyl carbamates (subject to hydrolysis) is 1. The predicted octanol–water partition coefficient (Wildman–Crippen LogP) is 6.98. The number of likely N-dealkylation sites (N-methyl/N-ethyl adjacent to an activating group) is 1. The van der Waals surface area contributed by atoms with Crippen LogP contribution in [-0.4, -0.2) is 120 Å². The molecule has 3 aromatic heterocycles. The van der Waals surface area contributed by atoms with E-state index in [0.717, 1.165) is 63.3 Å². The normalized spacial score (nSPS) is 17.1. The Morgan fingerprint density at radius 3 is 2.03 bits per heavy atom. The van der Waals surface area contributed by atoms with Crippen molar-refractivity contribution in [3.63, 3.8) is 0 Å². The Morgan fingerprint density at radius 1 is 0.797 bits per heavy atom. The first-order chi connectivity index (χ1) is 31.0. The van der Waals surface area contributed by atoms with Crippen LogP contribution >= 0.6 is 0 Å². The van der Waals surface area contributed by atoms with Crippen molar-refractivity contribution in [2.24, 2.45) is 5.92 Å². The molecule has 64 heavy (non-hydrogen) atoms. The number of nitrogens with zero attached hydrogens (tertiary/aromatic N) is 7. The van der Waals surface area contributed by atoms with Gasteiger partial charge in [-0.05, 0) is 54.9 Å². The van der Waals surface area contributed by atoms with E-state index in [0.29, 0.717) is 49.0 Å². The molecule has 4 amide bonds. The summed E-state index contributed by atoms with van der Waals surface area (Å²) in [5, 5.41) is 12.3. The minimum Gasteiger partial charge on any atom is -0.465 e. The third-order valence-corrected chi connectivity index (χ3v) is 12.0. The second-order valence-electron chi connectivity index (χ2n) is 16.6. The molecular formula is C47H52N10O7. The average molecular weight is 869 g/mol. The standard InChI is InChI=1S/C47H52N10O7/c1-28(2)41(55(3)47(61)62)45(59)57-21-9-13-40(57)43-49-24-36(52-43)31-16-14-30(15-17-31)35-23-48-34-22-32(18-19-33(34)51-35)37-25-50-42(53-37)39-12-8-20-56(39)44(58)38(54-46(60)63-4)27-64-26-29-10-6-5-7-11-29/h5-7,10-11,14-19,22-25,28,38-41H,8-9,12-13,20-21,26-27H2,1-4H3,(H,49,52)(H,50,53)(H,54,60)(H,61,62)/t38-,39+,40+,41+/m1/s1. The summed E-state index contributed by atoms with van der Waals surface area (Å²) in [6.07, 6.45) is 6.44. The molecule has 0 bridgehead atoms. The van der Waals surface area contributed by atoms with Crippen LogP contribution in [0.15, 0.2) is 91.4 Å². The highest BCUT2D eigenvalue weighted by molar-refractivity contribution is 5.87. The number of carbonyl (C=O) groups excluding carboxylic acids is 3. The maximum absolute atomic E-state index is 13.9. The molecule has 17 nitrogen and oxygen atoms in total. The van der Waals surface area contributed by atoms with E-state index in [1.807, 2.05) is 86.6 Å². The van der Waals surface area contributed by atoms with Crippen molar-refractivity contribution in [3.8, 4) is 33.8 Å². The zero-order valence-corrected chi connectivity index (χ0v) is 36.2. The fourth-order valence-corrected chi connectivity index (χ4v) is 8.70. The maximum atomic E-state index is 13.9. The second-order valence-corrected chi connectivity index (χ2v) is 16.6. The molecule has 0 radical (unpaired) electrons. The molecule has 5 heterocycles. The molecule has 4 N–H and O–H groups in total. The maximum Gasteiger partial charge on any atom is 0.407 e. The number of methoxy groups -OCH3 is 1. The number of rotatable bonds is 14. The number of hydrogen-bond acceptors (Lipinski definition) is 10. The number of H-pyrrole nitrogens is 2. The van der Waals surface area contributed by atoms with Crippen LogP contribution in [0.2, 0.25) is 0 Å². The second kappa shape index (κ2) is 19.1. The monoisotopic (exact) mass is 868 g/mol. The summed E-state index contributed by atoms with van der Waals surface area (Å²) >= 11 is 0. The molecule has 0 unspecified atom stereocenters. The topological polar surface area (TPSA) is 212 Å². The molecule has 2 saturated heterocycles. The van der Waals surface area contributed by atoms with E-state index in [4.69, 9.17) is 24.4 Å². The molecule has 2 aliphatic rings. The van der Waals surface area contributed by atoms with Gasteiger partial charge in [0.2, 0.25) is 11.8 Å². The van der Waals surface area contributed by atoms with E-state index in [9.17, 15) is 24.3 Å². The minimum absolute atomic E-state index is 0.0185. The Balaban J connectivity index is 0.923. The lowest BCUT2D eigenvalue weighted by molar-refractivity contribution is -0.138. The van der Waals surface area contributed by atoms with E-state index in [1.54, 1.807) is 28.4 Å². The van der Waals surface area contributed by atoms with Gasteiger partial charge < -0.3 is 39.7 Å². The largest absolute Gasteiger partial charge is 0.465 e. The van der Waals surface area contributed by atoms with Gasteiger partial charge in [-0.3, -0.25) is 19.5 Å². The number of aromatic amines is 2. The molecule has 0 spiro atoms. The van der Waals surface area contributed by atoms with Crippen LogP contribution in [0.25, 0.3) is 44.8 Å². The van der Waals surface area contributed by atoms with Gasteiger partial charge >= 0.3 is 12.2 Å². The van der Waals surface area contributed by atoms with E-state index in [2.05, 4.69) is 20.3 Å². The average Bonchev–Trinajstić information content (AvgIpc) is 4.16. The summed E-state index contributed by atoms with van der Waals surface area (Å²) in [6, 6.07) is 21.1. The first-order valence-electron chi connectivity index (χ1n) is 21.5. The van der Waals surface area contributed by atoms with Crippen LogP contribution in [0.3, 0.4) is 0 Å². The van der Waals surface area contributed by atoms with E-state index in [-0.39, 0.29) is 36.4 Å². The lowest BCUT2D eigenvalue weighted by Gasteiger charge is -2.33. The van der Waals surface area contributed by atoms with Crippen LogP contribution in [0.5, 0.6) is 0 Å². The van der Waals surface area contributed by atoms with Crippen LogP contribution in [0.4, 0.5) is 9.59 Å². The number of ether oxygens (including phenoxy) is 2. The molecule has 0 aliphatic carbocycles. The summed E-state index contributed by atoms with van der Waals surface area (Å²) in [4.78, 5) is 82.0. The van der Waals surface area contributed by atoms with Crippen molar-refractivity contribution in [1.82, 2.24) is 49.9 Å². The number of imidazole rings is 2. The smallest absolute Gasteiger partial charge is 0.407 e. The molecule has 332 valence electrons. The van der Waals surface area contributed by atoms with Gasteiger partial charge in [-0.2, -0.15) is 0 Å². The van der Waals surface area contributed by atoms with Crippen molar-refractivity contribution >= 4 is 35.0 Å². The van der Waals surface area contributed by atoms with E-state index >= 15 is 0 Å². The fraction of sp³-hybridized carbons (Fsp3) is 0.362. The van der Waals surface area contributed by atoms with Gasteiger partial charge in [0.1, 0.15) is 23.7 Å². The highest BCUT2D eigenvalue weighted by atomic mass is 16.5. The van der Waals surface area contributed by atoms with Crippen molar-refractivity contribution in [2.45, 2.75) is 70.3 Å². The number of likely N-dealkylation sites (tertiary alicyclic amines) is 2. The fourth-order valence-electron chi connectivity index (χ4n) is 8.70. The SMILES string of the molecule is COC(=O)N[C@H](COCc1ccccc1)C(=O)N1CCC[C@H]1c1ncc(-c2ccc3nc(-c4ccc(-c5cnc([C@@H]6CCCN6C(=O)[C@H](C(C)C)N(C)C(=O)O)[nH]5)cc4)cnc3c2)[nH]1. The highest BCUT2D eigenvalue weighted by Crippen LogP contribution is 2.35. The first kappa shape index (κ1) is 43.5. The number of carbonyl (C=O) groups is 4. The van der Waals surface area contributed by atoms with Gasteiger partial charge in [-0.25, -0.2) is 24.5 Å². The van der Waals surface area contributed by atoms with Crippen LogP contribution in [-0.2, 0) is 25.7 Å². The van der Waals surface area contributed by atoms with Gasteiger partial charge in [-0.1, -0.05) is 74.5 Å². The van der Waals surface area contributed by atoms with Crippen LogP contribution in [0, 0.1) is 5.92 Å². The highest BCUT2D eigenvalue weighted by Gasteiger charge is 2.40. The number of nitrogens with one attached hydrogen (secondary N) is 3. The van der Waals surface area contributed by atoms with Crippen molar-refractivity contribution in [2.75, 3.05) is 33.9 Å². The molecule has 0 saturated carbocycles. The lowest BCUT2D eigenvalue weighted by atomic mass is 10.0. The number of amides is 4. The van der Waals surface area contributed by atoms with Gasteiger partial charge in [-0.15, -0.1) is 0 Å². The quantitative estimate of drug-likeness (QED) is 0.0877. The Morgan fingerprint density at radius 2 is 1.41 bits per heavy atom. The Hall–Kier alpha value is -7.14. The Labute approximate surface area is 370 Å². The lowest BCUT2D eigenvalue weighted by Crippen LogP contribution is -2.51. The summed E-state index contributed by atoms with van der Waals surface area (Å²) in [5.41, 5.74) is 7.34. The molecule has 4 atom stereocenters. The van der Waals surface area contributed by atoms with E-state index in [1.165, 1.54) is 14.2 Å². The van der Waals surface area contributed by atoms with Crippen LogP contribution in [0.1, 0.15) is 68.8 Å². The molecule has 17 heteroatoms. The molecule has 8 rings (SSSR count). The summed E-state index contributed by atoms with van der Waals surface area (Å²) in [6.45, 7) is 5.04. The summed E-state index contributed by atoms with van der Waals surface area (Å²) in [7, 11) is 2.70. The van der Waals surface area contributed by atoms with Crippen LogP contribution < -0.4 is 5.32 Å². The molecule has 6 aromatic rings. The van der Waals surface area contributed by atoms with Crippen molar-refractivity contribution in [3.05, 3.63) is 109 Å². The Bertz CT molecular complexity index is 2610. The van der Waals surface area contributed by atoms with Gasteiger partial charge in [0.15, 0.2) is 0 Å². The number of aromatic nitrogens is 6. The Kier molecular flexibility index (Phi) is 13.0. The first-order valence-corrected chi connectivity index (χ1v) is 21.5. The third kappa shape index (κ3) is 9.29. The molecule has 3 aromatic carbocycles. The van der Waals surface area contributed by atoms with Gasteiger partial charge in [0, 0.05) is 31.3 Å². The predicted molar refractivity (Wildman–Crippen MR) is 237 cm³/mol. The number of benzene rings is 3.